The summed E-state index contributed by atoms with van der Waals surface area (Å²) in [5, 5.41) is 9.60. The SMILES string of the molecule is CC1=CC2=NC(=N)NC(=O)C2C=C1. The first-order valence-corrected chi connectivity index (χ1v) is 4.01. The second-order valence-electron chi connectivity index (χ2n) is 3.10. The predicted molar refractivity (Wildman–Crippen MR) is 49.7 cm³/mol. The number of rotatable bonds is 0. The first-order valence-electron chi connectivity index (χ1n) is 4.01. The Hall–Kier alpha value is -1.71. The third-order valence-corrected chi connectivity index (χ3v) is 2.01. The van der Waals surface area contributed by atoms with E-state index in [1.54, 1.807) is 6.08 Å². The zero-order valence-corrected chi connectivity index (χ0v) is 7.16. The van der Waals surface area contributed by atoms with Crippen LogP contribution < -0.4 is 5.32 Å². The number of guanidine groups is 1. The number of carbonyl (C=O) groups excluding carboxylic acids is 1. The van der Waals surface area contributed by atoms with Crippen LogP contribution in [0.1, 0.15) is 6.92 Å². The summed E-state index contributed by atoms with van der Waals surface area (Å²) in [6, 6.07) is 0. The lowest BCUT2D eigenvalue weighted by Gasteiger charge is -2.21. The van der Waals surface area contributed by atoms with E-state index in [1.807, 2.05) is 19.1 Å². The number of nitrogens with zero attached hydrogens (tertiary/aromatic N) is 1. The maximum Gasteiger partial charge on any atom is 0.239 e. The molecule has 0 saturated carbocycles. The molecule has 1 unspecified atom stereocenters. The third kappa shape index (κ3) is 1.30. The van der Waals surface area contributed by atoms with Crippen molar-refractivity contribution in [3.8, 4) is 0 Å². The third-order valence-electron chi connectivity index (χ3n) is 2.01. The molecule has 2 N–H and O–H groups in total. The Labute approximate surface area is 75.6 Å². The zero-order valence-electron chi connectivity index (χ0n) is 7.16. The van der Waals surface area contributed by atoms with Crippen LogP contribution in [0.25, 0.3) is 0 Å². The van der Waals surface area contributed by atoms with Gasteiger partial charge in [0.1, 0.15) is 0 Å². The number of amides is 1. The van der Waals surface area contributed by atoms with Crippen LogP contribution >= 0.6 is 0 Å². The molecule has 66 valence electrons. The number of fused-ring (bicyclic) bond motifs is 1. The van der Waals surface area contributed by atoms with Crippen LogP contribution in [0.4, 0.5) is 0 Å². The van der Waals surface area contributed by atoms with Crippen LogP contribution in [-0.4, -0.2) is 17.6 Å². The van der Waals surface area contributed by atoms with Gasteiger partial charge in [0.15, 0.2) is 0 Å². The smallest absolute Gasteiger partial charge is 0.239 e. The van der Waals surface area contributed by atoms with E-state index in [0.717, 1.165) is 5.57 Å². The number of allylic oxidation sites excluding steroid dienone is 3. The summed E-state index contributed by atoms with van der Waals surface area (Å²) < 4.78 is 0. The second-order valence-corrected chi connectivity index (χ2v) is 3.10. The van der Waals surface area contributed by atoms with Crippen molar-refractivity contribution >= 4 is 17.6 Å². The summed E-state index contributed by atoms with van der Waals surface area (Å²) in [7, 11) is 0. The monoisotopic (exact) mass is 175 g/mol. The number of carbonyl (C=O) groups is 1. The van der Waals surface area contributed by atoms with Gasteiger partial charge in [0.2, 0.25) is 11.9 Å². The highest BCUT2D eigenvalue weighted by Gasteiger charge is 2.27. The van der Waals surface area contributed by atoms with Crippen LogP contribution in [0.15, 0.2) is 28.8 Å². The van der Waals surface area contributed by atoms with Gasteiger partial charge in [0.25, 0.3) is 0 Å². The standard InChI is InChI=1S/C9H9N3O/c1-5-2-3-6-7(4-5)11-9(10)12-8(6)13/h2-4,6H,1H3,(H2,10,12,13). The van der Waals surface area contributed by atoms with Crippen molar-refractivity contribution in [3.05, 3.63) is 23.8 Å². The Kier molecular flexibility index (Phi) is 1.62. The van der Waals surface area contributed by atoms with Gasteiger partial charge in [-0.05, 0) is 18.6 Å². The minimum atomic E-state index is -0.308. The summed E-state index contributed by atoms with van der Waals surface area (Å²) in [5.41, 5.74) is 1.71. The minimum absolute atomic E-state index is 0.0735. The van der Waals surface area contributed by atoms with Gasteiger partial charge in [0.05, 0.1) is 11.6 Å². The van der Waals surface area contributed by atoms with E-state index in [4.69, 9.17) is 5.41 Å². The van der Waals surface area contributed by atoms with Crippen LogP contribution in [-0.2, 0) is 4.79 Å². The highest BCUT2D eigenvalue weighted by atomic mass is 16.2. The Morgan fingerprint density at radius 3 is 3.15 bits per heavy atom. The molecular weight excluding hydrogens is 166 g/mol. The lowest BCUT2D eigenvalue weighted by atomic mass is 9.93. The van der Waals surface area contributed by atoms with E-state index in [9.17, 15) is 4.79 Å². The normalized spacial score (nSPS) is 26.1. The predicted octanol–water partition coefficient (Wildman–Crippen LogP) is 0.624. The molecule has 0 fully saturated rings. The van der Waals surface area contributed by atoms with Gasteiger partial charge in [-0.15, -0.1) is 0 Å². The van der Waals surface area contributed by atoms with Gasteiger partial charge < -0.3 is 0 Å². The first kappa shape index (κ1) is 7.91. The van der Waals surface area contributed by atoms with Crippen molar-refractivity contribution in [2.45, 2.75) is 6.92 Å². The Bertz CT molecular complexity index is 376. The van der Waals surface area contributed by atoms with Gasteiger partial charge in [-0.3, -0.25) is 15.5 Å². The maximum absolute atomic E-state index is 11.3. The molecule has 0 saturated heterocycles. The van der Waals surface area contributed by atoms with E-state index in [2.05, 4.69) is 10.3 Å². The molecule has 13 heavy (non-hydrogen) atoms. The molecule has 4 nitrogen and oxygen atoms in total. The molecule has 1 amide bonds. The largest absolute Gasteiger partial charge is 0.294 e. The van der Waals surface area contributed by atoms with E-state index >= 15 is 0 Å². The first-order chi connectivity index (χ1) is 6.16. The molecule has 0 radical (unpaired) electrons. The topological polar surface area (TPSA) is 65.3 Å². The van der Waals surface area contributed by atoms with Crippen molar-refractivity contribution in [3.63, 3.8) is 0 Å². The van der Waals surface area contributed by atoms with Crippen molar-refractivity contribution in [1.29, 1.82) is 5.41 Å². The van der Waals surface area contributed by atoms with Crippen LogP contribution in [0.3, 0.4) is 0 Å². The van der Waals surface area contributed by atoms with Gasteiger partial charge in [0, 0.05) is 0 Å². The molecule has 1 atom stereocenters. The van der Waals surface area contributed by atoms with Gasteiger partial charge >= 0.3 is 0 Å². The Balaban J connectivity index is 2.44. The number of hydrogen-bond donors (Lipinski definition) is 2. The molecule has 2 rings (SSSR count). The summed E-state index contributed by atoms with van der Waals surface area (Å²) in [4.78, 5) is 15.3. The molecule has 0 bridgehead atoms. The number of nitrogens with one attached hydrogen (secondary N) is 2. The minimum Gasteiger partial charge on any atom is -0.294 e. The molecule has 1 aliphatic carbocycles. The molecule has 2 aliphatic rings. The van der Waals surface area contributed by atoms with Crippen molar-refractivity contribution < 1.29 is 4.79 Å². The second kappa shape index (κ2) is 2.65. The summed E-state index contributed by atoms with van der Waals surface area (Å²) in [5.74, 6) is -0.552. The summed E-state index contributed by atoms with van der Waals surface area (Å²) >= 11 is 0. The molecule has 0 aromatic rings. The molecule has 1 aliphatic heterocycles. The Morgan fingerprint density at radius 1 is 1.62 bits per heavy atom. The number of aliphatic imine (C=N–C) groups is 1. The van der Waals surface area contributed by atoms with Crippen molar-refractivity contribution in [2.75, 3.05) is 0 Å². The Morgan fingerprint density at radius 2 is 2.38 bits per heavy atom. The molecular formula is C9H9N3O. The number of hydrogen-bond acceptors (Lipinski definition) is 2. The average Bonchev–Trinajstić information content (AvgIpc) is 2.02. The highest BCUT2D eigenvalue weighted by Crippen LogP contribution is 2.16. The van der Waals surface area contributed by atoms with E-state index in [0.29, 0.717) is 5.71 Å². The molecule has 4 heteroatoms. The quantitative estimate of drug-likeness (QED) is 0.557. The summed E-state index contributed by atoms with van der Waals surface area (Å²) in [6.45, 7) is 1.94. The fourth-order valence-corrected chi connectivity index (χ4v) is 1.39. The molecule has 1 heterocycles. The van der Waals surface area contributed by atoms with E-state index in [-0.39, 0.29) is 17.8 Å². The van der Waals surface area contributed by atoms with E-state index < -0.39 is 0 Å². The van der Waals surface area contributed by atoms with Crippen LogP contribution in [0.2, 0.25) is 0 Å². The molecule has 0 spiro atoms. The fraction of sp³-hybridized carbons (Fsp3) is 0.222. The molecule has 0 aromatic heterocycles. The maximum atomic E-state index is 11.3. The zero-order chi connectivity index (χ0) is 9.42. The molecule has 0 aromatic carbocycles. The van der Waals surface area contributed by atoms with Gasteiger partial charge in [-0.25, -0.2) is 4.99 Å². The van der Waals surface area contributed by atoms with Crippen molar-refractivity contribution in [1.82, 2.24) is 5.32 Å². The average molecular weight is 175 g/mol. The lowest BCUT2D eigenvalue weighted by Crippen LogP contribution is -2.42. The van der Waals surface area contributed by atoms with Gasteiger partial charge in [-0.2, -0.15) is 0 Å². The van der Waals surface area contributed by atoms with E-state index in [1.165, 1.54) is 0 Å². The fourth-order valence-electron chi connectivity index (χ4n) is 1.39. The highest BCUT2D eigenvalue weighted by molar-refractivity contribution is 6.22. The van der Waals surface area contributed by atoms with Crippen molar-refractivity contribution in [2.24, 2.45) is 10.9 Å². The van der Waals surface area contributed by atoms with Gasteiger partial charge in [-0.1, -0.05) is 12.2 Å². The van der Waals surface area contributed by atoms with Crippen LogP contribution in [0, 0.1) is 11.3 Å². The lowest BCUT2D eigenvalue weighted by molar-refractivity contribution is -0.120. The van der Waals surface area contributed by atoms with Crippen LogP contribution in [0.5, 0.6) is 0 Å². The summed E-state index contributed by atoms with van der Waals surface area (Å²) in [6.07, 6.45) is 5.52.